The molecule has 0 amide bonds. The maximum absolute atomic E-state index is 10.2. The van der Waals surface area contributed by atoms with Crippen LogP contribution in [-0.2, 0) is 6.54 Å². The van der Waals surface area contributed by atoms with Gasteiger partial charge < -0.3 is 14.4 Å². The normalized spacial score (nSPS) is 12.5. The highest BCUT2D eigenvalue weighted by Gasteiger charge is 2.10. The van der Waals surface area contributed by atoms with Crippen LogP contribution >= 0.6 is 0 Å². The molecule has 0 spiro atoms. The number of aliphatic hydroxyl groups excluding tert-OH is 1. The van der Waals surface area contributed by atoms with Crippen LogP contribution in [0.15, 0.2) is 42.7 Å². The highest BCUT2D eigenvalue weighted by atomic mass is 16.5. The molecule has 3 rings (SSSR count). The van der Waals surface area contributed by atoms with Gasteiger partial charge in [0, 0.05) is 0 Å². The fourth-order valence-corrected chi connectivity index (χ4v) is 2.57. The molecular formula is C19H22N2O2. The summed E-state index contributed by atoms with van der Waals surface area (Å²) in [6.45, 7) is 6.92. The highest BCUT2D eigenvalue weighted by molar-refractivity contribution is 5.77. The number of rotatable bonds is 5. The summed E-state index contributed by atoms with van der Waals surface area (Å²) in [6, 6.07) is 12.0. The summed E-state index contributed by atoms with van der Waals surface area (Å²) in [6.07, 6.45) is 1.19. The van der Waals surface area contributed by atoms with Crippen molar-refractivity contribution in [1.29, 1.82) is 0 Å². The van der Waals surface area contributed by atoms with Crippen LogP contribution in [0.1, 0.15) is 16.7 Å². The second-order valence-electron chi connectivity index (χ2n) is 6.10. The van der Waals surface area contributed by atoms with Gasteiger partial charge in [-0.3, -0.25) is 0 Å². The van der Waals surface area contributed by atoms with Crippen molar-refractivity contribution in [2.45, 2.75) is 33.4 Å². The van der Waals surface area contributed by atoms with Crippen molar-refractivity contribution in [3.05, 3.63) is 59.4 Å². The number of hydrogen-bond donors (Lipinski definition) is 1. The van der Waals surface area contributed by atoms with Crippen molar-refractivity contribution >= 4 is 11.0 Å². The second kappa shape index (κ2) is 6.42. The lowest BCUT2D eigenvalue weighted by Crippen LogP contribution is -2.23. The first-order valence-corrected chi connectivity index (χ1v) is 7.82. The number of nitrogens with zero attached hydrogens (tertiary/aromatic N) is 2. The third-order valence-corrected chi connectivity index (χ3v) is 4.11. The van der Waals surface area contributed by atoms with E-state index in [1.807, 2.05) is 35.8 Å². The standard InChI is InChI=1S/C19H22N2O2/c1-13-4-6-17(7-5-13)23-11-16(22)10-21-12-20-18-8-14(2)15(3)9-19(18)21/h4-9,12,16,22H,10-11H2,1-3H3/t16-/m0/s1. The lowest BCUT2D eigenvalue weighted by molar-refractivity contribution is 0.0934. The van der Waals surface area contributed by atoms with E-state index in [0.717, 1.165) is 16.8 Å². The predicted octanol–water partition coefficient (Wildman–Crippen LogP) is 3.40. The molecule has 0 saturated heterocycles. The Bertz CT molecular complexity index is 806. The Balaban J connectivity index is 1.67. The van der Waals surface area contributed by atoms with Crippen LogP contribution in [0.3, 0.4) is 0 Å². The number of ether oxygens (including phenoxy) is 1. The van der Waals surface area contributed by atoms with Gasteiger partial charge in [-0.15, -0.1) is 0 Å². The summed E-state index contributed by atoms with van der Waals surface area (Å²) >= 11 is 0. The molecular weight excluding hydrogens is 288 g/mol. The van der Waals surface area contributed by atoms with Gasteiger partial charge in [0.2, 0.25) is 0 Å². The molecule has 0 saturated carbocycles. The van der Waals surface area contributed by atoms with Crippen LogP contribution in [0.25, 0.3) is 11.0 Å². The lowest BCUT2D eigenvalue weighted by atomic mass is 10.1. The average Bonchev–Trinajstić information content (AvgIpc) is 2.89. The first-order chi connectivity index (χ1) is 11.0. The maximum atomic E-state index is 10.2. The number of fused-ring (bicyclic) bond motifs is 1. The van der Waals surface area contributed by atoms with E-state index in [2.05, 4.69) is 31.0 Å². The van der Waals surface area contributed by atoms with Crippen LogP contribution < -0.4 is 4.74 Å². The summed E-state index contributed by atoms with van der Waals surface area (Å²) in [7, 11) is 0. The van der Waals surface area contributed by atoms with E-state index in [0.29, 0.717) is 6.54 Å². The van der Waals surface area contributed by atoms with Gasteiger partial charge in [0.15, 0.2) is 0 Å². The Morgan fingerprint density at radius 2 is 1.78 bits per heavy atom. The van der Waals surface area contributed by atoms with Crippen molar-refractivity contribution in [3.63, 3.8) is 0 Å². The zero-order chi connectivity index (χ0) is 16.4. The molecule has 23 heavy (non-hydrogen) atoms. The van der Waals surface area contributed by atoms with E-state index in [1.54, 1.807) is 6.33 Å². The molecule has 1 atom stereocenters. The SMILES string of the molecule is Cc1ccc(OC[C@@H](O)Cn2cnc3cc(C)c(C)cc32)cc1. The number of hydrogen-bond acceptors (Lipinski definition) is 3. The van der Waals surface area contributed by atoms with E-state index < -0.39 is 6.10 Å². The molecule has 120 valence electrons. The fraction of sp³-hybridized carbons (Fsp3) is 0.316. The van der Waals surface area contributed by atoms with Crippen molar-refractivity contribution in [2.24, 2.45) is 0 Å². The minimum atomic E-state index is -0.588. The van der Waals surface area contributed by atoms with Crippen LogP contribution in [0.5, 0.6) is 5.75 Å². The molecule has 0 aliphatic heterocycles. The minimum absolute atomic E-state index is 0.258. The van der Waals surface area contributed by atoms with Gasteiger partial charge >= 0.3 is 0 Å². The van der Waals surface area contributed by atoms with Crippen molar-refractivity contribution in [1.82, 2.24) is 9.55 Å². The summed E-state index contributed by atoms with van der Waals surface area (Å²) in [4.78, 5) is 4.41. The minimum Gasteiger partial charge on any atom is -0.491 e. The molecule has 0 fully saturated rings. The van der Waals surface area contributed by atoms with Crippen LogP contribution in [0.2, 0.25) is 0 Å². The summed E-state index contributed by atoms with van der Waals surface area (Å²) in [5.41, 5.74) is 5.64. The van der Waals surface area contributed by atoms with Crippen LogP contribution in [0.4, 0.5) is 0 Å². The molecule has 0 bridgehead atoms. The summed E-state index contributed by atoms with van der Waals surface area (Å²) in [5.74, 6) is 0.775. The quantitative estimate of drug-likeness (QED) is 0.785. The molecule has 0 aliphatic carbocycles. The Kier molecular flexibility index (Phi) is 4.35. The maximum Gasteiger partial charge on any atom is 0.119 e. The van der Waals surface area contributed by atoms with Crippen molar-refractivity contribution in [2.75, 3.05) is 6.61 Å². The lowest BCUT2D eigenvalue weighted by Gasteiger charge is -2.14. The molecule has 1 heterocycles. The molecule has 1 aromatic heterocycles. The van der Waals surface area contributed by atoms with Gasteiger partial charge in [-0.25, -0.2) is 4.98 Å². The third kappa shape index (κ3) is 3.54. The molecule has 1 N–H and O–H groups in total. The van der Waals surface area contributed by atoms with E-state index in [4.69, 9.17) is 4.74 Å². The smallest absolute Gasteiger partial charge is 0.119 e. The van der Waals surface area contributed by atoms with E-state index in [9.17, 15) is 5.11 Å². The van der Waals surface area contributed by atoms with Gasteiger partial charge in [0.25, 0.3) is 0 Å². The third-order valence-electron chi connectivity index (χ3n) is 4.11. The number of aliphatic hydroxyl groups is 1. The molecule has 0 unspecified atom stereocenters. The summed E-state index contributed by atoms with van der Waals surface area (Å²) < 4.78 is 7.62. The molecule has 0 radical (unpaired) electrons. The molecule has 0 aliphatic rings. The van der Waals surface area contributed by atoms with Crippen molar-refractivity contribution in [3.8, 4) is 5.75 Å². The molecule has 2 aromatic carbocycles. The number of aromatic nitrogens is 2. The Labute approximate surface area is 136 Å². The predicted molar refractivity (Wildman–Crippen MR) is 91.9 cm³/mol. The molecule has 4 nitrogen and oxygen atoms in total. The molecule has 3 aromatic rings. The average molecular weight is 310 g/mol. The van der Waals surface area contributed by atoms with Gasteiger partial charge in [0.1, 0.15) is 18.5 Å². The number of imidazole rings is 1. The summed E-state index contributed by atoms with van der Waals surface area (Å²) in [5, 5.41) is 10.2. The topological polar surface area (TPSA) is 47.3 Å². The highest BCUT2D eigenvalue weighted by Crippen LogP contribution is 2.19. The van der Waals surface area contributed by atoms with Gasteiger partial charge in [-0.2, -0.15) is 0 Å². The number of benzene rings is 2. The van der Waals surface area contributed by atoms with Crippen LogP contribution in [-0.4, -0.2) is 27.4 Å². The van der Waals surface area contributed by atoms with Crippen molar-refractivity contribution < 1.29 is 9.84 Å². The Hall–Kier alpha value is -2.33. The molecule has 4 heteroatoms. The van der Waals surface area contributed by atoms with Gasteiger partial charge in [-0.05, 0) is 56.2 Å². The fourth-order valence-electron chi connectivity index (χ4n) is 2.57. The van der Waals surface area contributed by atoms with Gasteiger partial charge in [0.05, 0.1) is 23.9 Å². The first kappa shape index (κ1) is 15.6. The van der Waals surface area contributed by atoms with E-state index >= 15 is 0 Å². The monoisotopic (exact) mass is 310 g/mol. The zero-order valence-corrected chi connectivity index (χ0v) is 13.8. The van der Waals surface area contributed by atoms with Gasteiger partial charge in [-0.1, -0.05) is 17.7 Å². The van der Waals surface area contributed by atoms with E-state index in [-0.39, 0.29) is 6.61 Å². The second-order valence-corrected chi connectivity index (χ2v) is 6.10. The van der Waals surface area contributed by atoms with Crippen LogP contribution in [0, 0.1) is 20.8 Å². The largest absolute Gasteiger partial charge is 0.491 e. The van der Waals surface area contributed by atoms with E-state index in [1.165, 1.54) is 16.7 Å². The first-order valence-electron chi connectivity index (χ1n) is 7.82. The zero-order valence-electron chi connectivity index (χ0n) is 13.8. The number of aryl methyl sites for hydroxylation is 3. The Morgan fingerprint density at radius 1 is 1.09 bits per heavy atom. The Morgan fingerprint density at radius 3 is 2.52 bits per heavy atom.